The Morgan fingerprint density at radius 1 is 1.14 bits per heavy atom. The van der Waals surface area contributed by atoms with Gasteiger partial charge in [0.2, 0.25) is 0 Å². The predicted molar refractivity (Wildman–Crippen MR) is 109 cm³/mol. The van der Waals surface area contributed by atoms with E-state index in [2.05, 4.69) is 19.0 Å². The minimum atomic E-state index is -0.872. The number of rotatable bonds is 5. The van der Waals surface area contributed by atoms with Gasteiger partial charge in [0.25, 0.3) is 0 Å². The normalized spacial score (nSPS) is 29.1. The van der Waals surface area contributed by atoms with Crippen molar-refractivity contribution in [3.8, 4) is 5.75 Å². The summed E-state index contributed by atoms with van der Waals surface area (Å²) < 4.78 is 5.60. The zero-order valence-electron chi connectivity index (χ0n) is 16.7. The van der Waals surface area contributed by atoms with Crippen LogP contribution < -0.4 is 4.74 Å². The Labute approximate surface area is 167 Å². The summed E-state index contributed by atoms with van der Waals surface area (Å²) >= 11 is 0. The summed E-state index contributed by atoms with van der Waals surface area (Å²) in [4.78, 5) is 14.6. The number of ether oxygens (including phenoxy) is 1. The third kappa shape index (κ3) is 3.71. The molecule has 0 radical (unpaired) electrons. The van der Waals surface area contributed by atoms with E-state index in [1.54, 1.807) is 18.2 Å². The highest BCUT2D eigenvalue weighted by Gasteiger charge is 2.51. The molecular formula is C24H29NO3. The van der Waals surface area contributed by atoms with E-state index in [-0.39, 0.29) is 11.9 Å². The molecule has 2 aliphatic rings. The van der Waals surface area contributed by atoms with Gasteiger partial charge in [-0.15, -0.1) is 0 Å². The minimum Gasteiger partial charge on any atom is -0.423 e. The highest BCUT2D eigenvalue weighted by molar-refractivity contribution is 5.90. The molecule has 28 heavy (non-hydrogen) atoms. The van der Waals surface area contributed by atoms with Crippen LogP contribution in [-0.4, -0.2) is 36.6 Å². The van der Waals surface area contributed by atoms with E-state index in [1.165, 1.54) is 19.3 Å². The van der Waals surface area contributed by atoms with Crippen LogP contribution in [0.4, 0.5) is 0 Å². The number of nitrogens with zero attached hydrogens (tertiary/aromatic N) is 1. The summed E-state index contributed by atoms with van der Waals surface area (Å²) in [5.41, 5.74) is 0.519. The highest BCUT2D eigenvalue weighted by Crippen LogP contribution is 2.54. The van der Waals surface area contributed by atoms with Crippen molar-refractivity contribution in [2.45, 2.75) is 31.3 Å². The number of carbonyl (C=O) groups excluding carboxylic acids is 1. The summed E-state index contributed by atoms with van der Waals surface area (Å²) in [6, 6.07) is 16.5. The van der Waals surface area contributed by atoms with Crippen LogP contribution in [0.5, 0.6) is 5.75 Å². The number of aliphatic hydroxyl groups is 1. The lowest BCUT2D eigenvalue weighted by atomic mass is 9.66. The van der Waals surface area contributed by atoms with E-state index in [0.717, 1.165) is 18.5 Å². The number of hydrogen-bond acceptors (Lipinski definition) is 4. The van der Waals surface area contributed by atoms with Crippen LogP contribution in [0.2, 0.25) is 0 Å². The first kappa shape index (κ1) is 19.2. The molecule has 2 bridgehead atoms. The van der Waals surface area contributed by atoms with Crippen molar-refractivity contribution < 1.29 is 14.6 Å². The second-order valence-corrected chi connectivity index (χ2v) is 8.72. The first-order valence-electron chi connectivity index (χ1n) is 10.2. The van der Waals surface area contributed by atoms with Gasteiger partial charge in [-0.2, -0.15) is 0 Å². The lowest BCUT2D eigenvalue weighted by Crippen LogP contribution is -2.47. The molecule has 0 saturated heterocycles. The maximum absolute atomic E-state index is 12.4. The number of fused-ring (bicyclic) bond motifs is 2. The lowest BCUT2D eigenvalue weighted by Gasteiger charge is -2.45. The molecule has 4 heteroatoms. The Morgan fingerprint density at radius 2 is 1.93 bits per heavy atom. The Balaban J connectivity index is 1.61. The maximum Gasteiger partial charge on any atom is 0.343 e. The first-order chi connectivity index (χ1) is 13.5. The van der Waals surface area contributed by atoms with Crippen molar-refractivity contribution in [2.75, 3.05) is 20.6 Å². The molecule has 2 aromatic carbocycles. The van der Waals surface area contributed by atoms with E-state index in [1.807, 2.05) is 36.4 Å². The van der Waals surface area contributed by atoms with E-state index in [0.29, 0.717) is 23.1 Å². The molecule has 4 nitrogen and oxygen atoms in total. The Bertz CT molecular complexity index is 835. The van der Waals surface area contributed by atoms with Crippen LogP contribution >= 0.6 is 0 Å². The molecule has 2 aliphatic carbocycles. The topological polar surface area (TPSA) is 49.8 Å². The molecule has 0 heterocycles. The number of esters is 1. The van der Waals surface area contributed by atoms with E-state index in [4.69, 9.17) is 4.74 Å². The molecular weight excluding hydrogens is 350 g/mol. The van der Waals surface area contributed by atoms with Crippen molar-refractivity contribution >= 4 is 5.97 Å². The largest absolute Gasteiger partial charge is 0.423 e. The maximum atomic E-state index is 12.4. The van der Waals surface area contributed by atoms with Gasteiger partial charge >= 0.3 is 5.97 Å². The fourth-order valence-electron chi connectivity index (χ4n) is 5.24. The van der Waals surface area contributed by atoms with Crippen LogP contribution in [0, 0.1) is 17.8 Å². The van der Waals surface area contributed by atoms with Crippen molar-refractivity contribution in [3.05, 3.63) is 65.7 Å². The van der Waals surface area contributed by atoms with Gasteiger partial charge in [-0.05, 0) is 75.0 Å². The average Bonchev–Trinajstić information content (AvgIpc) is 3.09. The Morgan fingerprint density at radius 3 is 2.68 bits per heavy atom. The van der Waals surface area contributed by atoms with Gasteiger partial charge < -0.3 is 14.7 Å². The second-order valence-electron chi connectivity index (χ2n) is 8.72. The van der Waals surface area contributed by atoms with E-state index in [9.17, 15) is 9.90 Å². The molecule has 0 aliphatic heterocycles. The first-order valence-corrected chi connectivity index (χ1v) is 10.2. The second kappa shape index (κ2) is 7.69. The van der Waals surface area contributed by atoms with Gasteiger partial charge in [-0.1, -0.05) is 36.8 Å². The molecule has 4 atom stereocenters. The molecule has 0 amide bonds. The quantitative estimate of drug-likeness (QED) is 0.628. The Hall–Kier alpha value is -2.17. The van der Waals surface area contributed by atoms with Crippen LogP contribution in [0.25, 0.3) is 0 Å². The monoisotopic (exact) mass is 379 g/mol. The lowest BCUT2D eigenvalue weighted by molar-refractivity contribution is -0.0892. The fourth-order valence-corrected chi connectivity index (χ4v) is 5.24. The van der Waals surface area contributed by atoms with Gasteiger partial charge in [0, 0.05) is 12.5 Å². The third-order valence-corrected chi connectivity index (χ3v) is 6.48. The molecule has 0 aromatic heterocycles. The number of benzene rings is 2. The van der Waals surface area contributed by atoms with Crippen molar-refractivity contribution in [1.29, 1.82) is 0 Å². The summed E-state index contributed by atoms with van der Waals surface area (Å²) in [6.07, 6.45) is 4.43. The number of hydrogen-bond donors (Lipinski definition) is 1. The molecule has 0 spiro atoms. The third-order valence-electron chi connectivity index (χ3n) is 6.48. The zero-order valence-corrected chi connectivity index (χ0v) is 16.7. The van der Waals surface area contributed by atoms with E-state index < -0.39 is 5.60 Å². The molecule has 2 saturated carbocycles. The summed E-state index contributed by atoms with van der Waals surface area (Å²) in [5, 5.41) is 11.8. The van der Waals surface area contributed by atoms with Crippen LogP contribution in [-0.2, 0) is 5.60 Å². The standard InChI is InChI=1S/C24H29NO3/c1-25(2)16-22-19-12-11-17(13-19)15-24(22,27)20-9-6-10-21(14-20)28-23(26)18-7-4-3-5-8-18/h3-10,14,17,19,22,27H,11-13,15-16H2,1-2H3/t17?,19?,22-,24-/m0/s1. The highest BCUT2D eigenvalue weighted by atomic mass is 16.5. The predicted octanol–water partition coefficient (Wildman–Crippen LogP) is 4.09. The molecule has 2 fully saturated rings. The van der Waals surface area contributed by atoms with Crippen molar-refractivity contribution in [2.24, 2.45) is 17.8 Å². The van der Waals surface area contributed by atoms with Gasteiger partial charge in [-0.25, -0.2) is 4.79 Å². The van der Waals surface area contributed by atoms with Crippen LogP contribution in [0.1, 0.15) is 41.6 Å². The van der Waals surface area contributed by atoms with Gasteiger partial charge in [-0.3, -0.25) is 0 Å². The van der Waals surface area contributed by atoms with Gasteiger partial charge in [0.1, 0.15) is 5.75 Å². The molecule has 148 valence electrons. The molecule has 1 N–H and O–H groups in total. The number of carbonyl (C=O) groups is 1. The Kier molecular flexibility index (Phi) is 5.26. The average molecular weight is 380 g/mol. The SMILES string of the molecule is CN(C)C[C@H]1C2CCC(C2)C[C@]1(O)c1cccc(OC(=O)c2ccccc2)c1. The zero-order chi connectivity index (χ0) is 19.7. The van der Waals surface area contributed by atoms with Gasteiger partial charge in [0.15, 0.2) is 0 Å². The van der Waals surface area contributed by atoms with Crippen molar-refractivity contribution in [3.63, 3.8) is 0 Å². The minimum absolute atomic E-state index is 0.196. The summed E-state index contributed by atoms with van der Waals surface area (Å²) in [5.74, 6) is 1.45. The summed E-state index contributed by atoms with van der Waals surface area (Å²) in [6.45, 7) is 0.863. The summed E-state index contributed by atoms with van der Waals surface area (Å²) in [7, 11) is 4.14. The van der Waals surface area contributed by atoms with E-state index >= 15 is 0 Å². The molecule has 2 aromatic rings. The van der Waals surface area contributed by atoms with Crippen LogP contribution in [0.3, 0.4) is 0 Å². The molecule has 4 rings (SSSR count). The van der Waals surface area contributed by atoms with Crippen molar-refractivity contribution in [1.82, 2.24) is 4.90 Å². The smallest absolute Gasteiger partial charge is 0.343 e. The van der Waals surface area contributed by atoms with Crippen LogP contribution in [0.15, 0.2) is 54.6 Å². The van der Waals surface area contributed by atoms with Gasteiger partial charge in [0.05, 0.1) is 11.2 Å². The fraction of sp³-hybridized carbons (Fsp3) is 0.458. The molecule has 2 unspecified atom stereocenters.